The van der Waals surface area contributed by atoms with Crippen LogP contribution in [0, 0.1) is 10.8 Å². The smallest absolute Gasteiger partial charge is 0.146 e. The molecule has 0 saturated heterocycles. The first kappa shape index (κ1) is 38.3. The summed E-state index contributed by atoms with van der Waals surface area (Å²) in [5, 5.41) is 40.5. The van der Waals surface area contributed by atoms with Crippen molar-refractivity contribution in [1.82, 2.24) is 15.0 Å². The summed E-state index contributed by atoms with van der Waals surface area (Å²) < 4.78 is 0. The van der Waals surface area contributed by atoms with Gasteiger partial charge in [0.25, 0.3) is 0 Å². The summed E-state index contributed by atoms with van der Waals surface area (Å²) in [6, 6.07) is 15.9. The zero-order valence-electron chi connectivity index (χ0n) is 33.1. The van der Waals surface area contributed by atoms with E-state index < -0.39 is 0 Å². The Morgan fingerprint density at radius 1 is 0.750 bits per heavy atom. The number of rotatable bonds is 10. The number of hydrogen-bond acceptors (Lipinski definition) is 6. The Kier molecular flexibility index (Phi) is 10.2. The van der Waals surface area contributed by atoms with E-state index in [4.69, 9.17) is 15.3 Å². The van der Waals surface area contributed by atoms with Crippen molar-refractivity contribution >= 4 is 22.4 Å². The predicted molar refractivity (Wildman–Crippen MR) is 218 cm³/mol. The van der Waals surface area contributed by atoms with Crippen LogP contribution in [0.3, 0.4) is 0 Å². The first-order valence-electron chi connectivity index (χ1n) is 18.2. The third kappa shape index (κ3) is 8.58. The van der Waals surface area contributed by atoms with Gasteiger partial charge >= 0.3 is 0 Å². The van der Waals surface area contributed by atoms with E-state index in [9.17, 15) is 10.2 Å². The molecule has 1 aliphatic carbocycles. The number of benzene rings is 3. The van der Waals surface area contributed by atoms with Crippen LogP contribution in [0.1, 0.15) is 111 Å². The Morgan fingerprint density at radius 2 is 1.25 bits per heavy atom. The molecule has 0 bridgehead atoms. The van der Waals surface area contributed by atoms with E-state index in [1.807, 2.05) is 67.6 Å². The zero-order chi connectivity index (χ0) is 38.4. The topological polar surface area (TPSA) is 86.8 Å². The second kappa shape index (κ2) is 13.9. The molecule has 0 unspecified atom stereocenters. The molecular weight excluding hydrogens is 643 g/mol. The second-order valence-corrected chi connectivity index (χ2v) is 18.2. The van der Waals surface area contributed by atoms with E-state index in [2.05, 4.69) is 94.5 Å². The number of aromatic nitrogens is 3. The monoisotopic (exact) mass is 699 g/mol. The average molecular weight is 700 g/mol. The van der Waals surface area contributed by atoms with E-state index >= 15 is 0 Å². The summed E-state index contributed by atoms with van der Waals surface area (Å²) in [6.07, 6.45) is 9.73. The first-order chi connectivity index (χ1) is 24.0. The maximum atomic E-state index is 12.2. The van der Waals surface area contributed by atoms with E-state index in [1.54, 1.807) is 5.01 Å². The molecular formula is C45H57N5O2. The maximum absolute atomic E-state index is 12.2. The molecule has 1 heterocycles. The molecule has 1 aliphatic rings. The molecule has 52 heavy (non-hydrogen) atoms. The molecule has 0 saturated carbocycles. The van der Waals surface area contributed by atoms with E-state index in [0.717, 1.165) is 40.6 Å². The minimum Gasteiger partial charge on any atom is -0.505 e. The van der Waals surface area contributed by atoms with Gasteiger partial charge in [0.1, 0.15) is 33.9 Å². The molecule has 0 fully saturated rings. The summed E-state index contributed by atoms with van der Waals surface area (Å²) in [5.41, 5.74) is 7.65. The normalized spacial score (nSPS) is 14.8. The van der Waals surface area contributed by atoms with Crippen LogP contribution in [0.15, 0.2) is 102 Å². The molecule has 0 radical (unpaired) electrons. The van der Waals surface area contributed by atoms with Gasteiger partial charge in [0.05, 0.1) is 5.71 Å². The summed E-state index contributed by atoms with van der Waals surface area (Å²) in [4.78, 5) is 1.53. The van der Waals surface area contributed by atoms with Gasteiger partial charge in [-0.1, -0.05) is 125 Å². The maximum Gasteiger partial charge on any atom is 0.146 e. The summed E-state index contributed by atoms with van der Waals surface area (Å²) in [5.74, 6) is 0.148. The van der Waals surface area contributed by atoms with Crippen molar-refractivity contribution in [2.24, 2.45) is 15.9 Å². The Balaban J connectivity index is 1.75. The number of anilines is 1. The number of phenolic OH excluding ortho intramolecular Hbond substituents is 2. The highest BCUT2D eigenvalue weighted by Gasteiger charge is 2.32. The van der Waals surface area contributed by atoms with E-state index in [1.165, 1.54) is 4.80 Å². The molecule has 7 nitrogen and oxygen atoms in total. The SMILES string of the molecule is C=C1C=CC=C/C1=N/N(C(=C)C)c1cc(C(C)(C)CC(C)(C)C)cc(Cc2cc(C(C)(C)CC(C)(C)C)cc(-n3nc4ccccc4n3)c2O)c1O. The van der Waals surface area contributed by atoms with Crippen LogP contribution >= 0.6 is 0 Å². The lowest BCUT2D eigenvalue weighted by molar-refractivity contribution is 0.283. The minimum absolute atomic E-state index is 0.0490. The lowest BCUT2D eigenvalue weighted by Gasteiger charge is -2.35. The Hall–Kier alpha value is -4.91. The van der Waals surface area contributed by atoms with Gasteiger partial charge in [-0.15, -0.1) is 15.0 Å². The molecule has 0 amide bonds. The van der Waals surface area contributed by atoms with Crippen LogP contribution in [-0.2, 0) is 17.3 Å². The highest BCUT2D eigenvalue weighted by molar-refractivity contribution is 6.11. The van der Waals surface area contributed by atoms with Crippen molar-refractivity contribution in [3.05, 3.63) is 120 Å². The fourth-order valence-electron chi connectivity index (χ4n) is 7.81. The van der Waals surface area contributed by atoms with Gasteiger partial charge < -0.3 is 10.2 Å². The average Bonchev–Trinajstić information content (AvgIpc) is 3.44. The number of hydrogen-bond donors (Lipinski definition) is 2. The molecule has 5 rings (SSSR count). The third-order valence-corrected chi connectivity index (χ3v) is 9.52. The fraction of sp³-hybridized carbons (Fsp3) is 0.400. The van der Waals surface area contributed by atoms with Gasteiger partial charge in [-0.3, -0.25) is 0 Å². The van der Waals surface area contributed by atoms with Crippen LogP contribution in [0.5, 0.6) is 11.5 Å². The number of phenols is 2. The van der Waals surface area contributed by atoms with Crippen molar-refractivity contribution in [1.29, 1.82) is 0 Å². The van der Waals surface area contributed by atoms with Crippen LogP contribution in [-0.4, -0.2) is 30.9 Å². The number of fused-ring (bicyclic) bond motifs is 1. The largest absolute Gasteiger partial charge is 0.505 e. The van der Waals surface area contributed by atoms with Gasteiger partial charge in [0.2, 0.25) is 0 Å². The van der Waals surface area contributed by atoms with Crippen molar-refractivity contribution < 1.29 is 10.2 Å². The lowest BCUT2D eigenvalue weighted by Crippen LogP contribution is -2.26. The van der Waals surface area contributed by atoms with Crippen molar-refractivity contribution in [3.63, 3.8) is 0 Å². The van der Waals surface area contributed by atoms with Gasteiger partial charge in [0, 0.05) is 23.2 Å². The van der Waals surface area contributed by atoms with Gasteiger partial charge in [-0.2, -0.15) is 5.10 Å². The van der Waals surface area contributed by atoms with Crippen LogP contribution in [0.2, 0.25) is 0 Å². The third-order valence-electron chi connectivity index (χ3n) is 9.52. The van der Waals surface area contributed by atoms with Gasteiger partial charge in [0.15, 0.2) is 0 Å². The molecule has 0 atom stereocenters. The quantitative estimate of drug-likeness (QED) is 0.161. The van der Waals surface area contributed by atoms with Gasteiger partial charge in [-0.05, 0) is 88.5 Å². The van der Waals surface area contributed by atoms with E-state index in [0.29, 0.717) is 33.9 Å². The predicted octanol–water partition coefficient (Wildman–Crippen LogP) is 11.2. The van der Waals surface area contributed by atoms with Crippen LogP contribution < -0.4 is 5.01 Å². The molecule has 1 aromatic heterocycles. The summed E-state index contributed by atoms with van der Waals surface area (Å²) >= 11 is 0. The molecule has 3 aromatic carbocycles. The summed E-state index contributed by atoms with van der Waals surface area (Å²) in [7, 11) is 0. The van der Waals surface area contributed by atoms with Crippen molar-refractivity contribution in [3.8, 4) is 17.2 Å². The molecule has 2 N–H and O–H groups in total. The lowest BCUT2D eigenvalue weighted by atomic mass is 9.71. The second-order valence-electron chi connectivity index (χ2n) is 18.2. The zero-order valence-corrected chi connectivity index (χ0v) is 33.1. The molecule has 0 aliphatic heterocycles. The molecule has 7 heteroatoms. The standard InChI is InChI=1S/C45H57N5O2/c1-29(2)49(46-35-19-15-14-18-30(35)3)38-25-33(44(10,11)27-42(4,5)6)23-31(40(38)51)22-32-24-34(45(12,13)28-43(7,8)9)26-39(41(32)52)50-47-36-20-16-17-21-37(36)48-50/h14-21,23-26,51-52H,1,3,22,27-28H2,2,4-13H3/b46-35-. The Morgan fingerprint density at radius 3 is 1.75 bits per heavy atom. The molecule has 4 aromatic rings. The molecule has 274 valence electrons. The van der Waals surface area contributed by atoms with Crippen molar-refractivity contribution in [2.75, 3.05) is 5.01 Å². The number of aromatic hydroxyl groups is 2. The first-order valence-corrected chi connectivity index (χ1v) is 18.2. The number of hydrazone groups is 1. The van der Waals surface area contributed by atoms with Crippen molar-refractivity contribution in [2.45, 2.75) is 106 Å². The molecule has 0 spiro atoms. The minimum atomic E-state index is -0.261. The van der Waals surface area contributed by atoms with E-state index in [-0.39, 0.29) is 39.6 Å². The Labute approximate surface area is 310 Å². The number of allylic oxidation sites excluding steroid dienone is 6. The number of nitrogens with zero attached hydrogens (tertiary/aromatic N) is 5. The summed E-state index contributed by atoms with van der Waals surface area (Å²) in [6.45, 7) is 32.7. The van der Waals surface area contributed by atoms with Crippen LogP contribution in [0.4, 0.5) is 5.69 Å². The van der Waals surface area contributed by atoms with Crippen LogP contribution in [0.25, 0.3) is 16.7 Å². The highest BCUT2D eigenvalue weighted by atomic mass is 16.3. The Bertz CT molecular complexity index is 2080. The highest BCUT2D eigenvalue weighted by Crippen LogP contribution is 2.45. The fourth-order valence-corrected chi connectivity index (χ4v) is 7.81. The van der Waals surface area contributed by atoms with Gasteiger partial charge in [-0.25, -0.2) is 5.01 Å².